The molecule has 0 spiro atoms. The molecule has 3 aromatic heterocycles. The third-order valence-electron chi connectivity index (χ3n) is 9.10. The van der Waals surface area contributed by atoms with Crippen LogP contribution in [0.15, 0.2) is 167 Å². The summed E-state index contributed by atoms with van der Waals surface area (Å²) in [5.41, 5.74) is 9.47. The zero-order chi connectivity index (χ0) is 31.6. The number of aromatic nitrogens is 1. The van der Waals surface area contributed by atoms with Crippen LogP contribution >= 0.6 is 11.3 Å². The van der Waals surface area contributed by atoms with E-state index >= 15 is 0 Å². The molecule has 5 heteroatoms. The monoisotopic (exact) mass is 634 g/mol. The summed E-state index contributed by atoms with van der Waals surface area (Å²) in [5, 5.41) is 4.53. The van der Waals surface area contributed by atoms with Crippen molar-refractivity contribution in [3.05, 3.63) is 158 Å². The summed E-state index contributed by atoms with van der Waals surface area (Å²) in [6, 6.07) is 55.1. The fraction of sp³-hybridized carbons (Fsp3) is 0. The molecule has 10 rings (SSSR count). The van der Waals surface area contributed by atoms with Crippen LogP contribution in [-0.4, -0.2) is 4.98 Å². The second kappa shape index (κ2) is 10.7. The Bertz CT molecular complexity index is 2780. The number of hydrogen-bond acceptors (Lipinski definition) is 5. The lowest BCUT2D eigenvalue weighted by Gasteiger charge is -2.26. The molecule has 0 N–H and O–H groups in total. The van der Waals surface area contributed by atoms with Crippen molar-refractivity contribution in [3.63, 3.8) is 0 Å². The highest BCUT2D eigenvalue weighted by atomic mass is 32.1. The molecule has 0 unspecified atom stereocenters. The number of anilines is 3. The molecule has 0 saturated carbocycles. The lowest BCUT2D eigenvalue weighted by atomic mass is 10.0. The van der Waals surface area contributed by atoms with Crippen LogP contribution in [-0.2, 0) is 0 Å². The van der Waals surface area contributed by atoms with Gasteiger partial charge in [0.25, 0.3) is 0 Å². The van der Waals surface area contributed by atoms with Gasteiger partial charge in [0, 0.05) is 53.9 Å². The minimum Gasteiger partial charge on any atom is -0.454 e. The maximum atomic E-state index is 6.75. The standard InChI is InChI=1S/C43H26N2O2S/c1-3-10-27(11-4-1)28-18-20-30(21-19-28)45(31-22-23-41-35(24-31)32-14-7-8-17-40(32)48-41)37-16-9-15-33-34-25-39-36(26-38(34)46-42(33)37)44-43(47-39)29-12-5-2-6-13-29/h1-26H. The van der Waals surface area contributed by atoms with Crippen LogP contribution in [0.25, 0.3) is 75.8 Å². The Morgan fingerprint density at radius 1 is 0.458 bits per heavy atom. The highest BCUT2D eigenvalue weighted by molar-refractivity contribution is 7.25. The van der Waals surface area contributed by atoms with Gasteiger partial charge in [-0.3, -0.25) is 0 Å². The van der Waals surface area contributed by atoms with Gasteiger partial charge < -0.3 is 13.7 Å². The molecule has 0 aliphatic rings. The summed E-state index contributed by atoms with van der Waals surface area (Å²) in [5.74, 6) is 0.602. The summed E-state index contributed by atoms with van der Waals surface area (Å²) in [6.07, 6.45) is 0. The van der Waals surface area contributed by atoms with Gasteiger partial charge in [0.2, 0.25) is 5.89 Å². The smallest absolute Gasteiger partial charge is 0.227 e. The van der Waals surface area contributed by atoms with Crippen LogP contribution in [0.2, 0.25) is 0 Å². The molecule has 48 heavy (non-hydrogen) atoms. The highest BCUT2D eigenvalue weighted by Gasteiger charge is 2.21. The summed E-state index contributed by atoms with van der Waals surface area (Å²) in [6.45, 7) is 0. The van der Waals surface area contributed by atoms with E-state index in [0.29, 0.717) is 5.89 Å². The molecule has 7 aromatic carbocycles. The largest absolute Gasteiger partial charge is 0.454 e. The van der Waals surface area contributed by atoms with Crippen molar-refractivity contribution in [1.82, 2.24) is 4.98 Å². The number of thiophene rings is 1. The number of hydrogen-bond donors (Lipinski definition) is 0. The summed E-state index contributed by atoms with van der Waals surface area (Å²) in [4.78, 5) is 7.11. The van der Waals surface area contributed by atoms with E-state index in [-0.39, 0.29) is 0 Å². The molecule has 0 saturated heterocycles. The molecule has 0 bridgehead atoms. The zero-order valence-electron chi connectivity index (χ0n) is 25.6. The fourth-order valence-electron chi connectivity index (χ4n) is 6.80. The van der Waals surface area contributed by atoms with Crippen molar-refractivity contribution in [2.75, 3.05) is 4.90 Å². The Morgan fingerprint density at radius 2 is 1.15 bits per heavy atom. The van der Waals surface area contributed by atoms with Crippen molar-refractivity contribution in [1.29, 1.82) is 0 Å². The first-order valence-corrected chi connectivity index (χ1v) is 16.8. The fourth-order valence-corrected chi connectivity index (χ4v) is 7.88. The predicted molar refractivity (Wildman–Crippen MR) is 200 cm³/mol. The normalized spacial score (nSPS) is 11.8. The van der Waals surface area contributed by atoms with Crippen molar-refractivity contribution < 1.29 is 8.83 Å². The van der Waals surface area contributed by atoms with Crippen LogP contribution < -0.4 is 4.90 Å². The van der Waals surface area contributed by atoms with Crippen LogP contribution in [0, 0.1) is 0 Å². The quantitative estimate of drug-likeness (QED) is 0.189. The van der Waals surface area contributed by atoms with Crippen LogP contribution in [0.4, 0.5) is 17.1 Å². The SMILES string of the molecule is c1ccc(-c2ccc(N(c3ccc4sc5ccccc5c4c3)c3cccc4c3oc3cc5nc(-c6ccccc6)oc5cc34)cc2)cc1. The Morgan fingerprint density at radius 3 is 1.98 bits per heavy atom. The molecule has 3 heterocycles. The van der Waals surface area contributed by atoms with Crippen LogP contribution in [0.5, 0.6) is 0 Å². The van der Waals surface area contributed by atoms with E-state index in [0.717, 1.165) is 55.7 Å². The van der Waals surface area contributed by atoms with Gasteiger partial charge in [0.1, 0.15) is 11.1 Å². The van der Waals surface area contributed by atoms with Crippen LogP contribution in [0.3, 0.4) is 0 Å². The second-order valence-corrected chi connectivity index (χ2v) is 13.1. The molecule has 0 atom stereocenters. The average Bonchev–Trinajstić information content (AvgIpc) is 3.85. The van der Waals surface area contributed by atoms with Crippen molar-refractivity contribution in [2.24, 2.45) is 0 Å². The van der Waals surface area contributed by atoms with E-state index in [2.05, 4.69) is 120 Å². The van der Waals surface area contributed by atoms with Crippen molar-refractivity contribution in [3.8, 4) is 22.6 Å². The van der Waals surface area contributed by atoms with Gasteiger partial charge in [-0.2, -0.15) is 0 Å². The molecule has 226 valence electrons. The van der Waals surface area contributed by atoms with Gasteiger partial charge in [-0.25, -0.2) is 4.98 Å². The summed E-state index contributed by atoms with van der Waals surface area (Å²) in [7, 11) is 0. The molecular formula is C43H26N2O2S. The van der Waals surface area contributed by atoms with Gasteiger partial charge in [-0.1, -0.05) is 91.0 Å². The first kappa shape index (κ1) is 27.0. The predicted octanol–water partition coefficient (Wildman–Crippen LogP) is 12.9. The Labute approximate surface area is 279 Å². The van der Waals surface area contributed by atoms with E-state index < -0.39 is 0 Å². The number of nitrogens with zero attached hydrogens (tertiary/aromatic N) is 2. The minimum atomic E-state index is 0.602. The molecule has 10 aromatic rings. The van der Waals surface area contributed by atoms with E-state index in [1.165, 1.54) is 31.3 Å². The molecular weight excluding hydrogens is 609 g/mol. The first-order chi connectivity index (χ1) is 23.8. The number of rotatable bonds is 5. The van der Waals surface area contributed by atoms with Gasteiger partial charge in [-0.15, -0.1) is 11.3 Å². The lowest BCUT2D eigenvalue weighted by molar-refractivity contribution is 0.620. The van der Waals surface area contributed by atoms with Crippen molar-refractivity contribution in [2.45, 2.75) is 0 Å². The van der Waals surface area contributed by atoms with E-state index in [1.54, 1.807) is 0 Å². The lowest BCUT2D eigenvalue weighted by Crippen LogP contribution is -2.10. The van der Waals surface area contributed by atoms with Crippen LogP contribution in [0.1, 0.15) is 0 Å². The van der Waals surface area contributed by atoms with E-state index in [9.17, 15) is 0 Å². The summed E-state index contributed by atoms with van der Waals surface area (Å²) >= 11 is 1.83. The Balaban J connectivity index is 1.17. The third kappa shape index (κ3) is 4.33. The van der Waals surface area contributed by atoms with Crippen molar-refractivity contribution >= 4 is 81.6 Å². The molecule has 0 aliphatic heterocycles. The molecule has 0 aliphatic carbocycles. The average molecular weight is 635 g/mol. The van der Waals surface area contributed by atoms with Gasteiger partial charge in [0.05, 0.1) is 5.69 Å². The number of oxazole rings is 1. The topological polar surface area (TPSA) is 42.4 Å². The first-order valence-electron chi connectivity index (χ1n) is 15.9. The van der Waals surface area contributed by atoms with Gasteiger partial charge >= 0.3 is 0 Å². The minimum absolute atomic E-state index is 0.602. The summed E-state index contributed by atoms with van der Waals surface area (Å²) < 4.78 is 15.6. The van der Waals surface area contributed by atoms with E-state index in [1.807, 2.05) is 53.8 Å². The molecule has 0 amide bonds. The number of para-hydroxylation sites is 1. The maximum Gasteiger partial charge on any atom is 0.227 e. The Kier molecular flexibility index (Phi) is 6.01. The maximum absolute atomic E-state index is 6.75. The number of fused-ring (bicyclic) bond motifs is 7. The number of furan rings is 1. The number of benzene rings is 7. The molecule has 4 nitrogen and oxygen atoms in total. The third-order valence-corrected chi connectivity index (χ3v) is 10.3. The zero-order valence-corrected chi connectivity index (χ0v) is 26.4. The Hall–Kier alpha value is -6.17. The highest BCUT2D eigenvalue weighted by Crippen LogP contribution is 2.45. The second-order valence-electron chi connectivity index (χ2n) is 12.0. The van der Waals surface area contributed by atoms with Gasteiger partial charge in [-0.05, 0) is 71.8 Å². The van der Waals surface area contributed by atoms with E-state index in [4.69, 9.17) is 13.8 Å². The van der Waals surface area contributed by atoms with Gasteiger partial charge in [0.15, 0.2) is 11.2 Å². The molecule has 0 radical (unpaired) electrons. The molecule has 0 fully saturated rings.